The quantitative estimate of drug-likeness (QED) is 0.445. The van der Waals surface area contributed by atoms with Crippen LogP contribution < -0.4 is 0 Å². The summed E-state index contributed by atoms with van der Waals surface area (Å²) >= 11 is 10.4. The fourth-order valence-corrected chi connectivity index (χ4v) is 7.30. The Morgan fingerprint density at radius 2 is 0.889 bits per heavy atom. The molecule has 10 heteroatoms. The van der Waals surface area contributed by atoms with Gasteiger partial charge in [0.05, 0.1) is 26.4 Å². The zero-order valence-corrected chi connectivity index (χ0v) is 14.0. The third-order valence-corrected chi connectivity index (χ3v) is 7.71. The number of hydrogen-bond donors (Lipinski definition) is 0. The van der Waals surface area contributed by atoms with Crippen molar-refractivity contribution in [1.29, 1.82) is 0 Å². The van der Waals surface area contributed by atoms with E-state index in [-0.39, 0.29) is 29.6 Å². The van der Waals surface area contributed by atoms with Crippen LogP contribution in [-0.2, 0) is 46.0 Å². The molecule has 0 heterocycles. The standard InChI is InChI=1S/C8H20O5P2S2.Na.H/c1-5-9-14(16,10-6-2)13-15(17,11-7-3)12-8-4;;/h5-8H2,1-4H3;;. The van der Waals surface area contributed by atoms with E-state index in [1.807, 2.05) is 27.7 Å². The van der Waals surface area contributed by atoms with Crippen LogP contribution >= 0.6 is 13.4 Å². The molecule has 0 aliphatic rings. The minimum atomic E-state index is -2.87. The second-order valence-electron chi connectivity index (χ2n) is 2.65. The monoisotopic (exact) mass is 346 g/mol. The first-order chi connectivity index (χ1) is 7.95. The maximum absolute atomic E-state index is 5.55. The van der Waals surface area contributed by atoms with Gasteiger partial charge in [-0.1, -0.05) is 0 Å². The number of rotatable bonds is 10. The predicted octanol–water partition coefficient (Wildman–Crippen LogP) is 2.95. The van der Waals surface area contributed by atoms with Crippen LogP contribution in [0.25, 0.3) is 0 Å². The Balaban J connectivity index is 0. The van der Waals surface area contributed by atoms with Gasteiger partial charge in [0.25, 0.3) is 0 Å². The average molecular weight is 346 g/mol. The molecular weight excluding hydrogens is 325 g/mol. The van der Waals surface area contributed by atoms with Crippen molar-refractivity contribution < 1.29 is 22.4 Å². The van der Waals surface area contributed by atoms with E-state index < -0.39 is 13.4 Å². The molecule has 0 bridgehead atoms. The van der Waals surface area contributed by atoms with Crippen LogP contribution in [0.4, 0.5) is 0 Å². The molecule has 0 radical (unpaired) electrons. The third-order valence-electron chi connectivity index (χ3n) is 1.35. The molecular formula is C8H21NaO5P2S2. The molecule has 0 aromatic heterocycles. The van der Waals surface area contributed by atoms with Crippen LogP contribution in [-0.4, -0.2) is 56.0 Å². The van der Waals surface area contributed by atoms with Crippen molar-refractivity contribution in [3.05, 3.63) is 0 Å². The SMILES string of the molecule is CCOP(=S)(OCC)OP(=S)(OCC)OCC.[NaH]. The van der Waals surface area contributed by atoms with Crippen molar-refractivity contribution in [2.24, 2.45) is 0 Å². The van der Waals surface area contributed by atoms with Gasteiger partial charge in [-0.15, -0.1) is 0 Å². The molecule has 0 unspecified atom stereocenters. The van der Waals surface area contributed by atoms with E-state index in [4.69, 9.17) is 46.0 Å². The van der Waals surface area contributed by atoms with Gasteiger partial charge in [-0.25, -0.2) is 4.31 Å². The number of hydrogen-bond acceptors (Lipinski definition) is 7. The fourth-order valence-electron chi connectivity index (χ4n) is 0.924. The zero-order chi connectivity index (χ0) is 13.4. The van der Waals surface area contributed by atoms with Crippen LogP contribution in [0.1, 0.15) is 27.7 Å². The molecule has 0 amide bonds. The summed E-state index contributed by atoms with van der Waals surface area (Å²) in [6, 6.07) is 0. The van der Waals surface area contributed by atoms with E-state index in [1.165, 1.54) is 0 Å². The summed E-state index contributed by atoms with van der Waals surface area (Å²) in [7, 11) is 0. The summed E-state index contributed by atoms with van der Waals surface area (Å²) in [6.45, 7) is 3.09. The van der Waals surface area contributed by atoms with Crippen molar-refractivity contribution in [3.63, 3.8) is 0 Å². The van der Waals surface area contributed by atoms with E-state index >= 15 is 0 Å². The van der Waals surface area contributed by atoms with Gasteiger partial charge in [0.15, 0.2) is 0 Å². The third kappa shape index (κ3) is 9.11. The van der Waals surface area contributed by atoms with Crippen LogP contribution in [0, 0.1) is 0 Å². The summed E-state index contributed by atoms with van der Waals surface area (Å²) in [4.78, 5) is 0. The van der Waals surface area contributed by atoms with E-state index in [1.54, 1.807) is 0 Å². The fraction of sp³-hybridized carbons (Fsp3) is 1.00. The van der Waals surface area contributed by atoms with Gasteiger partial charge in [-0.3, -0.25) is 0 Å². The molecule has 0 saturated carbocycles. The Labute approximate surface area is 142 Å². The van der Waals surface area contributed by atoms with Crippen LogP contribution in [0.15, 0.2) is 0 Å². The summed E-state index contributed by atoms with van der Waals surface area (Å²) in [5.41, 5.74) is 0. The van der Waals surface area contributed by atoms with Gasteiger partial charge in [0.1, 0.15) is 0 Å². The van der Waals surface area contributed by atoms with E-state index in [0.717, 1.165) is 0 Å². The van der Waals surface area contributed by atoms with Gasteiger partial charge in [-0.05, 0) is 51.3 Å². The normalized spacial score (nSPS) is 12.2. The van der Waals surface area contributed by atoms with Crippen molar-refractivity contribution in [3.8, 4) is 0 Å². The van der Waals surface area contributed by atoms with Crippen molar-refractivity contribution in [2.75, 3.05) is 26.4 Å². The molecule has 0 rings (SSSR count). The summed E-state index contributed by atoms with van der Waals surface area (Å²) < 4.78 is 26.9. The van der Waals surface area contributed by atoms with Gasteiger partial charge in [0, 0.05) is 0 Å². The Morgan fingerprint density at radius 1 is 0.667 bits per heavy atom. The summed E-state index contributed by atoms with van der Waals surface area (Å²) in [5.74, 6) is 0. The van der Waals surface area contributed by atoms with Crippen molar-refractivity contribution in [2.45, 2.75) is 27.7 Å². The minimum absolute atomic E-state index is 0. The molecule has 0 spiro atoms. The second kappa shape index (κ2) is 11.7. The van der Waals surface area contributed by atoms with Crippen molar-refractivity contribution >= 4 is 66.6 Å². The van der Waals surface area contributed by atoms with Gasteiger partial charge in [-0.2, -0.15) is 0 Å². The Kier molecular flexibility index (Phi) is 14.6. The van der Waals surface area contributed by atoms with E-state index in [0.29, 0.717) is 26.4 Å². The molecule has 0 aromatic carbocycles. The maximum atomic E-state index is 5.55. The van der Waals surface area contributed by atoms with Gasteiger partial charge < -0.3 is 18.1 Å². The Bertz CT molecular complexity index is 257. The second-order valence-corrected chi connectivity index (χ2v) is 8.81. The first-order valence-electron chi connectivity index (χ1n) is 5.44. The molecule has 0 aliphatic carbocycles. The first kappa shape index (κ1) is 22.4. The molecule has 0 atom stereocenters. The predicted molar refractivity (Wildman–Crippen MR) is 83.3 cm³/mol. The molecule has 5 nitrogen and oxygen atoms in total. The molecule has 0 saturated heterocycles. The molecule has 0 aliphatic heterocycles. The van der Waals surface area contributed by atoms with E-state index in [2.05, 4.69) is 0 Å². The molecule has 0 N–H and O–H groups in total. The van der Waals surface area contributed by atoms with Crippen LogP contribution in [0.3, 0.4) is 0 Å². The van der Waals surface area contributed by atoms with Gasteiger partial charge >= 0.3 is 43.0 Å². The summed E-state index contributed by atoms with van der Waals surface area (Å²) in [6.07, 6.45) is 0. The zero-order valence-electron chi connectivity index (χ0n) is 10.6. The molecule has 18 heavy (non-hydrogen) atoms. The summed E-state index contributed by atoms with van der Waals surface area (Å²) in [5, 5.41) is 0. The van der Waals surface area contributed by atoms with Gasteiger partial charge in [0.2, 0.25) is 0 Å². The molecule has 0 aromatic rings. The first-order valence-corrected chi connectivity index (χ1v) is 10.6. The van der Waals surface area contributed by atoms with Crippen LogP contribution in [0.2, 0.25) is 0 Å². The van der Waals surface area contributed by atoms with Crippen LogP contribution in [0.5, 0.6) is 0 Å². The Morgan fingerprint density at radius 3 is 1.06 bits per heavy atom. The van der Waals surface area contributed by atoms with E-state index in [9.17, 15) is 0 Å². The Hall–Kier alpha value is 2.10. The van der Waals surface area contributed by atoms with Crippen molar-refractivity contribution in [1.82, 2.24) is 0 Å². The topological polar surface area (TPSA) is 46.2 Å². The molecule has 106 valence electrons. The average Bonchev–Trinajstić information content (AvgIpc) is 2.17. The molecule has 0 fully saturated rings.